The second-order valence-corrected chi connectivity index (χ2v) is 2.77. The molecule has 0 saturated heterocycles. The van der Waals surface area contributed by atoms with E-state index in [0.29, 0.717) is 0 Å². The highest BCUT2D eigenvalue weighted by Crippen LogP contribution is 2.08. The van der Waals surface area contributed by atoms with Gasteiger partial charge in [0.15, 0.2) is 5.95 Å². The topological polar surface area (TPSA) is 3.24 Å². The van der Waals surface area contributed by atoms with Gasteiger partial charge >= 0.3 is 0 Å². The molecule has 0 aromatic heterocycles. The lowest BCUT2D eigenvalue weighted by molar-refractivity contribution is 0.380. The zero-order valence-electron chi connectivity index (χ0n) is 7.29. The third-order valence-electron chi connectivity index (χ3n) is 1.51. The first-order valence-electron chi connectivity index (χ1n) is 3.80. The monoisotopic (exact) mass is 165 g/mol. The average Bonchev–Trinajstić information content (AvgIpc) is 2.06. The smallest absolute Gasteiger partial charge is 0.189 e. The molecule has 0 spiro atoms. The summed E-state index contributed by atoms with van der Waals surface area (Å²) in [6.07, 6.45) is 1.50. The summed E-state index contributed by atoms with van der Waals surface area (Å²) in [6, 6.07) is 9.40. The van der Waals surface area contributed by atoms with Crippen LogP contribution in [0.1, 0.15) is 5.56 Å². The Morgan fingerprint density at radius 3 is 2.33 bits per heavy atom. The van der Waals surface area contributed by atoms with E-state index in [4.69, 9.17) is 0 Å². The summed E-state index contributed by atoms with van der Waals surface area (Å²) < 4.78 is 13.0. The number of hydrogen-bond acceptors (Lipinski definition) is 1. The van der Waals surface area contributed by atoms with Crippen molar-refractivity contribution in [3.8, 4) is 0 Å². The highest BCUT2D eigenvalue weighted by Gasteiger charge is 1.95. The first kappa shape index (κ1) is 8.78. The zero-order valence-corrected chi connectivity index (χ0v) is 7.29. The van der Waals surface area contributed by atoms with Crippen molar-refractivity contribution in [3.63, 3.8) is 0 Å². The number of nitrogens with zero attached hydrogens (tertiary/aromatic N) is 1. The predicted octanol–water partition coefficient (Wildman–Crippen LogP) is 2.52. The maximum atomic E-state index is 13.0. The minimum Gasteiger partial charge on any atom is -0.355 e. The van der Waals surface area contributed by atoms with Crippen LogP contribution in [0.2, 0.25) is 0 Å². The van der Waals surface area contributed by atoms with Gasteiger partial charge in [-0.25, -0.2) is 0 Å². The van der Waals surface area contributed by atoms with Crippen molar-refractivity contribution in [2.24, 2.45) is 0 Å². The van der Waals surface area contributed by atoms with Crippen LogP contribution in [0.3, 0.4) is 0 Å². The predicted molar refractivity (Wildman–Crippen MR) is 49.2 cm³/mol. The molecule has 0 unspecified atom stereocenters. The SMILES string of the molecule is CN(C)/C(F)=C/c1ccccc1. The van der Waals surface area contributed by atoms with E-state index in [1.54, 1.807) is 14.1 Å². The Kier molecular flexibility index (Phi) is 2.86. The van der Waals surface area contributed by atoms with Crippen molar-refractivity contribution in [1.29, 1.82) is 0 Å². The molecule has 0 bridgehead atoms. The van der Waals surface area contributed by atoms with Crippen molar-refractivity contribution < 1.29 is 4.39 Å². The molecule has 0 N–H and O–H groups in total. The summed E-state index contributed by atoms with van der Waals surface area (Å²) in [6.45, 7) is 0. The molecule has 1 aromatic carbocycles. The van der Waals surface area contributed by atoms with Gasteiger partial charge in [-0.1, -0.05) is 30.3 Å². The van der Waals surface area contributed by atoms with Crippen LogP contribution in [-0.4, -0.2) is 19.0 Å². The standard InChI is InChI=1S/C10H12FN/c1-12(2)10(11)8-9-6-4-3-5-7-9/h3-8H,1-2H3/b10-8+. The molecule has 12 heavy (non-hydrogen) atoms. The Morgan fingerprint density at radius 2 is 1.83 bits per heavy atom. The number of benzene rings is 1. The van der Waals surface area contributed by atoms with Gasteiger partial charge in [0, 0.05) is 14.1 Å². The minimum atomic E-state index is -0.235. The second-order valence-electron chi connectivity index (χ2n) is 2.77. The molecule has 0 fully saturated rings. The Morgan fingerprint density at radius 1 is 1.25 bits per heavy atom. The minimum absolute atomic E-state index is 0.235. The molecule has 64 valence electrons. The summed E-state index contributed by atoms with van der Waals surface area (Å²) in [5, 5.41) is 0. The summed E-state index contributed by atoms with van der Waals surface area (Å²) in [7, 11) is 3.35. The molecule has 1 rings (SSSR count). The molecule has 0 aliphatic carbocycles. The van der Waals surface area contributed by atoms with Gasteiger partial charge in [-0.2, -0.15) is 4.39 Å². The Balaban J connectivity index is 2.81. The normalized spacial score (nSPS) is 11.4. The molecule has 0 aliphatic heterocycles. The van der Waals surface area contributed by atoms with Crippen LogP contribution in [0, 0.1) is 0 Å². The third-order valence-corrected chi connectivity index (χ3v) is 1.51. The third kappa shape index (κ3) is 2.38. The van der Waals surface area contributed by atoms with Gasteiger partial charge in [-0.15, -0.1) is 0 Å². The maximum Gasteiger partial charge on any atom is 0.189 e. The van der Waals surface area contributed by atoms with E-state index in [2.05, 4.69) is 0 Å². The summed E-state index contributed by atoms with van der Waals surface area (Å²) in [5.41, 5.74) is 0.878. The van der Waals surface area contributed by atoms with Crippen LogP contribution in [0.5, 0.6) is 0 Å². The fourth-order valence-corrected chi connectivity index (χ4v) is 0.816. The van der Waals surface area contributed by atoms with Gasteiger partial charge in [0.1, 0.15) is 0 Å². The average molecular weight is 165 g/mol. The second kappa shape index (κ2) is 3.90. The van der Waals surface area contributed by atoms with Crippen LogP contribution in [0.4, 0.5) is 4.39 Å². The summed E-state index contributed by atoms with van der Waals surface area (Å²) in [5.74, 6) is -0.235. The molecule has 0 heterocycles. The zero-order chi connectivity index (χ0) is 8.97. The first-order valence-corrected chi connectivity index (χ1v) is 3.80. The molecule has 2 heteroatoms. The summed E-state index contributed by atoms with van der Waals surface area (Å²) >= 11 is 0. The van der Waals surface area contributed by atoms with Crippen LogP contribution < -0.4 is 0 Å². The van der Waals surface area contributed by atoms with E-state index in [1.165, 1.54) is 11.0 Å². The molecule has 1 aromatic rings. The Labute approximate surface area is 72.1 Å². The van der Waals surface area contributed by atoms with Crippen molar-refractivity contribution in [1.82, 2.24) is 4.90 Å². The molecule has 0 atom stereocenters. The van der Waals surface area contributed by atoms with Gasteiger partial charge in [0.05, 0.1) is 0 Å². The molecule has 0 aliphatic rings. The highest BCUT2D eigenvalue weighted by atomic mass is 19.1. The molecule has 0 amide bonds. The largest absolute Gasteiger partial charge is 0.355 e. The number of hydrogen-bond donors (Lipinski definition) is 0. The molecular weight excluding hydrogens is 153 g/mol. The fraction of sp³-hybridized carbons (Fsp3) is 0.200. The fourth-order valence-electron chi connectivity index (χ4n) is 0.816. The van der Waals surface area contributed by atoms with E-state index < -0.39 is 0 Å². The maximum absolute atomic E-state index is 13.0. The molecule has 1 nitrogen and oxygen atoms in total. The van der Waals surface area contributed by atoms with Gasteiger partial charge in [0.2, 0.25) is 0 Å². The van der Waals surface area contributed by atoms with Crippen LogP contribution >= 0.6 is 0 Å². The lowest BCUT2D eigenvalue weighted by Gasteiger charge is -2.07. The summed E-state index contributed by atoms with van der Waals surface area (Å²) in [4.78, 5) is 1.44. The molecule has 0 saturated carbocycles. The van der Waals surface area contributed by atoms with Crippen molar-refractivity contribution in [2.75, 3.05) is 14.1 Å². The van der Waals surface area contributed by atoms with Gasteiger partial charge in [-0.3, -0.25) is 0 Å². The van der Waals surface area contributed by atoms with E-state index in [1.807, 2.05) is 30.3 Å². The lowest BCUT2D eigenvalue weighted by Crippen LogP contribution is -2.06. The van der Waals surface area contributed by atoms with Gasteiger partial charge in [0.25, 0.3) is 0 Å². The van der Waals surface area contributed by atoms with Gasteiger partial charge < -0.3 is 4.90 Å². The van der Waals surface area contributed by atoms with E-state index in [-0.39, 0.29) is 5.95 Å². The van der Waals surface area contributed by atoms with Crippen LogP contribution in [0.25, 0.3) is 6.08 Å². The first-order chi connectivity index (χ1) is 5.70. The van der Waals surface area contributed by atoms with Crippen molar-refractivity contribution in [3.05, 3.63) is 41.8 Å². The van der Waals surface area contributed by atoms with E-state index in [0.717, 1.165) is 5.56 Å². The lowest BCUT2D eigenvalue weighted by atomic mass is 10.2. The van der Waals surface area contributed by atoms with E-state index in [9.17, 15) is 4.39 Å². The highest BCUT2D eigenvalue weighted by molar-refractivity contribution is 5.50. The number of halogens is 1. The van der Waals surface area contributed by atoms with Crippen molar-refractivity contribution >= 4 is 6.08 Å². The van der Waals surface area contributed by atoms with Gasteiger partial charge in [-0.05, 0) is 11.6 Å². The van der Waals surface area contributed by atoms with Crippen molar-refractivity contribution in [2.45, 2.75) is 0 Å². The molecule has 0 radical (unpaired) electrons. The van der Waals surface area contributed by atoms with Crippen LogP contribution in [-0.2, 0) is 0 Å². The van der Waals surface area contributed by atoms with E-state index >= 15 is 0 Å². The Bertz CT molecular complexity index is 264. The van der Waals surface area contributed by atoms with Crippen LogP contribution in [0.15, 0.2) is 36.3 Å². The molecular formula is C10H12FN. The quantitative estimate of drug-likeness (QED) is 0.608. The number of rotatable bonds is 2. The Hall–Kier alpha value is -1.31.